The maximum atomic E-state index is 11.9. The van der Waals surface area contributed by atoms with Crippen LogP contribution < -0.4 is 14.8 Å². The van der Waals surface area contributed by atoms with Crippen LogP contribution in [0, 0.1) is 0 Å². The minimum absolute atomic E-state index is 0.00574. The Hall–Kier alpha value is -2.76. The Morgan fingerprint density at radius 3 is 3.14 bits per heavy atom. The number of benzene rings is 1. The van der Waals surface area contributed by atoms with E-state index in [9.17, 15) is 4.79 Å². The number of rotatable bonds is 5. The molecule has 0 radical (unpaired) electrons. The molecule has 2 heterocycles. The van der Waals surface area contributed by atoms with Crippen LogP contribution in [0.4, 0.5) is 0 Å². The number of carbonyl (C=O) groups is 1. The normalized spacial score (nSPS) is 14.2. The van der Waals surface area contributed by atoms with E-state index >= 15 is 0 Å². The summed E-state index contributed by atoms with van der Waals surface area (Å²) in [4.78, 5) is 11.9. The number of hydrogen-bond acceptors (Lipinski definition) is 4. The van der Waals surface area contributed by atoms with E-state index in [1.54, 1.807) is 17.0 Å². The van der Waals surface area contributed by atoms with Crippen LogP contribution in [0.15, 0.2) is 42.7 Å². The fraction of sp³-hybridized carbons (Fsp3) is 0.250. The molecule has 0 saturated heterocycles. The molecule has 1 aliphatic rings. The third-order valence-corrected chi connectivity index (χ3v) is 3.23. The second-order valence-corrected chi connectivity index (χ2v) is 5.08. The van der Waals surface area contributed by atoms with Crippen molar-refractivity contribution in [2.24, 2.45) is 0 Å². The van der Waals surface area contributed by atoms with Crippen molar-refractivity contribution in [2.45, 2.75) is 19.5 Å². The van der Waals surface area contributed by atoms with Gasteiger partial charge in [-0.3, -0.25) is 9.48 Å². The van der Waals surface area contributed by atoms with Crippen molar-refractivity contribution in [3.05, 3.63) is 48.3 Å². The number of amides is 1. The van der Waals surface area contributed by atoms with Gasteiger partial charge in [-0.1, -0.05) is 6.07 Å². The van der Waals surface area contributed by atoms with E-state index in [4.69, 9.17) is 9.47 Å². The molecule has 2 aromatic rings. The predicted molar refractivity (Wildman–Crippen MR) is 81.4 cm³/mol. The molecule has 0 spiro atoms. The highest BCUT2D eigenvalue weighted by Gasteiger charge is 2.12. The van der Waals surface area contributed by atoms with Crippen LogP contribution in [0.2, 0.25) is 0 Å². The molecule has 1 aliphatic heterocycles. The average molecular weight is 299 g/mol. The quantitative estimate of drug-likeness (QED) is 0.855. The molecular weight excluding hydrogens is 282 g/mol. The van der Waals surface area contributed by atoms with Gasteiger partial charge in [0.1, 0.15) is 0 Å². The Bertz CT molecular complexity index is 680. The van der Waals surface area contributed by atoms with E-state index in [1.807, 2.05) is 37.4 Å². The Kier molecular flexibility index (Phi) is 4.09. The van der Waals surface area contributed by atoms with Gasteiger partial charge in [0, 0.05) is 24.5 Å². The van der Waals surface area contributed by atoms with Gasteiger partial charge in [-0.05, 0) is 36.8 Å². The van der Waals surface area contributed by atoms with Crippen molar-refractivity contribution >= 4 is 12.0 Å². The van der Waals surface area contributed by atoms with Crippen LogP contribution in [0.25, 0.3) is 6.08 Å². The second-order valence-electron chi connectivity index (χ2n) is 5.08. The number of fused-ring (bicyclic) bond motifs is 1. The molecule has 1 aromatic heterocycles. The molecule has 1 N–H and O–H groups in total. The number of nitrogens with zero attached hydrogens (tertiary/aromatic N) is 2. The van der Waals surface area contributed by atoms with Gasteiger partial charge in [-0.2, -0.15) is 5.10 Å². The Balaban J connectivity index is 1.54. The number of ether oxygens (including phenoxy) is 2. The van der Waals surface area contributed by atoms with Crippen molar-refractivity contribution in [1.29, 1.82) is 0 Å². The maximum Gasteiger partial charge on any atom is 0.244 e. The van der Waals surface area contributed by atoms with Gasteiger partial charge in [0.2, 0.25) is 12.7 Å². The highest BCUT2D eigenvalue weighted by molar-refractivity contribution is 5.92. The van der Waals surface area contributed by atoms with E-state index in [2.05, 4.69) is 10.4 Å². The first-order chi connectivity index (χ1) is 10.7. The summed E-state index contributed by atoms with van der Waals surface area (Å²) >= 11 is 0. The SMILES string of the molecule is C[C@@H](Cn1cccn1)NC(=O)/C=C/c1ccc2c(c1)OCO2. The van der Waals surface area contributed by atoms with Crippen LogP contribution in [-0.2, 0) is 11.3 Å². The highest BCUT2D eigenvalue weighted by Crippen LogP contribution is 2.32. The smallest absolute Gasteiger partial charge is 0.244 e. The van der Waals surface area contributed by atoms with Gasteiger partial charge >= 0.3 is 0 Å². The van der Waals surface area contributed by atoms with Crippen LogP contribution >= 0.6 is 0 Å². The lowest BCUT2D eigenvalue weighted by Gasteiger charge is -2.12. The topological polar surface area (TPSA) is 65.4 Å². The van der Waals surface area contributed by atoms with Crippen LogP contribution in [0.1, 0.15) is 12.5 Å². The van der Waals surface area contributed by atoms with E-state index in [0.717, 1.165) is 11.3 Å². The summed E-state index contributed by atoms with van der Waals surface area (Å²) in [5, 5.41) is 7.01. The summed E-state index contributed by atoms with van der Waals surface area (Å²) in [6.07, 6.45) is 6.84. The predicted octanol–water partition coefficient (Wildman–Crippen LogP) is 1.83. The molecule has 1 atom stereocenters. The van der Waals surface area contributed by atoms with Crippen molar-refractivity contribution < 1.29 is 14.3 Å². The Morgan fingerprint density at radius 1 is 1.45 bits per heavy atom. The molecule has 0 aliphatic carbocycles. The molecule has 0 bridgehead atoms. The minimum atomic E-state index is -0.141. The molecule has 0 saturated carbocycles. The fourth-order valence-corrected chi connectivity index (χ4v) is 2.21. The Morgan fingerprint density at radius 2 is 2.32 bits per heavy atom. The van der Waals surface area contributed by atoms with Crippen LogP contribution in [0.5, 0.6) is 11.5 Å². The molecule has 1 aromatic carbocycles. The highest BCUT2D eigenvalue weighted by atomic mass is 16.7. The summed E-state index contributed by atoms with van der Waals surface area (Å²) in [7, 11) is 0. The summed E-state index contributed by atoms with van der Waals surface area (Å²) in [5.41, 5.74) is 0.888. The van der Waals surface area contributed by atoms with Gasteiger partial charge in [0.05, 0.1) is 6.54 Å². The molecule has 22 heavy (non-hydrogen) atoms. The number of hydrogen-bond donors (Lipinski definition) is 1. The van der Waals surface area contributed by atoms with Gasteiger partial charge in [-0.15, -0.1) is 0 Å². The zero-order chi connectivity index (χ0) is 15.4. The summed E-state index contributed by atoms with van der Waals surface area (Å²) in [5.74, 6) is 1.29. The van der Waals surface area contributed by atoms with E-state index < -0.39 is 0 Å². The fourth-order valence-electron chi connectivity index (χ4n) is 2.21. The minimum Gasteiger partial charge on any atom is -0.454 e. The first-order valence-electron chi connectivity index (χ1n) is 7.06. The van der Waals surface area contributed by atoms with Gasteiger partial charge in [0.25, 0.3) is 0 Å². The van der Waals surface area contributed by atoms with E-state index in [1.165, 1.54) is 6.08 Å². The Labute approximate surface area is 128 Å². The third-order valence-electron chi connectivity index (χ3n) is 3.23. The lowest BCUT2D eigenvalue weighted by molar-refractivity contribution is -0.117. The molecule has 1 amide bonds. The van der Waals surface area contributed by atoms with E-state index in [0.29, 0.717) is 12.3 Å². The second kappa shape index (κ2) is 6.34. The zero-order valence-electron chi connectivity index (χ0n) is 12.2. The number of carbonyl (C=O) groups excluding carboxylic acids is 1. The lowest BCUT2D eigenvalue weighted by atomic mass is 10.2. The first kappa shape index (κ1) is 14.2. The molecule has 0 unspecified atom stereocenters. The van der Waals surface area contributed by atoms with E-state index in [-0.39, 0.29) is 18.7 Å². The zero-order valence-corrected chi connectivity index (χ0v) is 12.2. The lowest BCUT2D eigenvalue weighted by Crippen LogP contribution is -2.34. The largest absolute Gasteiger partial charge is 0.454 e. The summed E-state index contributed by atoms with van der Waals surface area (Å²) in [6.45, 7) is 2.82. The van der Waals surface area contributed by atoms with Crippen molar-refractivity contribution in [1.82, 2.24) is 15.1 Å². The first-order valence-corrected chi connectivity index (χ1v) is 7.06. The maximum absolute atomic E-state index is 11.9. The monoisotopic (exact) mass is 299 g/mol. The van der Waals surface area contributed by atoms with Gasteiger partial charge in [-0.25, -0.2) is 0 Å². The van der Waals surface area contributed by atoms with Crippen molar-refractivity contribution in [3.8, 4) is 11.5 Å². The van der Waals surface area contributed by atoms with Gasteiger partial charge < -0.3 is 14.8 Å². The number of aromatic nitrogens is 2. The molecule has 6 nitrogen and oxygen atoms in total. The molecule has 6 heteroatoms. The standard InChI is InChI=1S/C16H17N3O3/c1-12(10-19-8-2-7-17-19)18-16(20)6-4-13-3-5-14-15(9-13)22-11-21-14/h2-9,12H,10-11H2,1H3,(H,18,20)/b6-4+/t12-/m0/s1. The van der Waals surface area contributed by atoms with Crippen molar-refractivity contribution in [2.75, 3.05) is 6.79 Å². The van der Waals surface area contributed by atoms with Gasteiger partial charge in [0.15, 0.2) is 11.5 Å². The summed E-state index contributed by atoms with van der Waals surface area (Å²) in [6, 6.07) is 7.41. The molecule has 3 rings (SSSR count). The summed E-state index contributed by atoms with van der Waals surface area (Å²) < 4.78 is 12.3. The molecular formula is C16H17N3O3. The van der Waals surface area contributed by atoms with Crippen LogP contribution in [-0.4, -0.2) is 28.5 Å². The third kappa shape index (κ3) is 3.46. The van der Waals surface area contributed by atoms with Crippen LogP contribution in [0.3, 0.4) is 0 Å². The number of nitrogens with one attached hydrogen (secondary N) is 1. The van der Waals surface area contributed by atoms with Crippen molar-refractivity contribution in [3.63, 3.8) is 0 Å². The molecule has 0 fully saturated rings. The molecule has 114 valence electrons. The average Bonchev–Trinajstić information content (AvgIpc) is 3.15.